The van der Waals surface area contributed by atoms with Crippen molar-refractivity contribution >= 4 is 21.6 Å². The number of nitrogens with zero attached hydrogens (tertiary/aromatic N) is 1. The monoisotopic (exact) mass is 293 g/mol. The molecular formula is C11H13ClFNO3S. The van der Waals surface area contributed by atoms with Crippen LogP contribution in [0.1, 0.15) is 13.3 Å². The fourth-order valence-corrected chi connectivity index (χ4v) is 3.97. The summed E-state index contributed by atoms with van der Waals surface area (Å²) in [5, 5.41) is 9.76. The zero-order valence-corrected chi connectivity index (χ0v) is 11.3. The van der Waals surface area contributed by atoms with Crippen molar-refractivity contribution in [1.82, 2.24) is 4.31 Å². The van der Waals surface area contributed by atoms with Crippen LogP contribution in [0.15, 0.2) is 23.1 Å². The summed E-state index contributed by atoms with van der Waals surface area (Å²) in [6.07, 6.45) is 0.346. The third-order valence-corrected chi connectivity index (χ3v) is 5.25. The van der Waals surface area contributed by atoms with Gasteiger partial charge in [-0.2, -0.15) is 4.31 Å². The summed E-state index contributed by atoms with van der Waals surface area (Å²) in [4.78, 5) is -0.262. The Bertz CT molecular complexity index is 574. The third-order valence-electron chi connectivity index (χ3n) is 2.93. The van der Waals surface area contributed by atoms with Crippen molar-refractivity contribution in [2.24, 2.45) is 0 Å². The van der Waals surface area contributed by atoms with E-state index in [4.69, 9.17) is 11.6 Å². The second-order valence-electron chi connectivity index (χ2n) is 4.66. The zero-order valence-electron chi connectivity index (χ0n) is 9.73. The van der Waals surface area contributed by atoms with Crippen LogP contribution in [0.3, 0.4) is 0 Å². The Morgan fingerprint density at radius 2 is 2.17 bits per heavy atom. The average molecular weight is 294 g/mol. The van der Waals surface area contributed by atoms with Gasteiger partial charge in [0.15, 0.2) is 0 Å². The molecule has 0 saturated carbocycles. The van der Waals surface area contributed by atoms with Gasteiger partial charge in [-0.1, -0.05) is 11.6 Å². The van der Waals surface area contributed by atoms with E-state index >= 15 is 0 Å². The lowest BCUT2D eigenvalue weighted by Gasteiger charge is -2.19. The number of sulfonamides is 1. The quantitative estimate of drug-likeness (QED) is 0.901. The summed E-state index contributed by atoms with van der Waals surface area (Å²) in [5.74, 6) is -0.663. The van der Waals surface area contributed by atoms with Crippen molar-refractivity contribution in [3.8, 4) is 0 Å². The molecule has 0 spiro atoms. The van der Waals surface area contributed by atoms with Crippen molar-refractivity contribution in [3.05, 3.63) is 29.0 Å². The van der Waals surface area contributed by atoms with E-state index in [0.29, 0.717) is 6.42 Å². The first-order valence-corrected chi connectivity index (χ1v) is 7.22. The van der Waals surface area contributed by atoms with Gasteiger partial charge in [-0.25, -0.2) is 12.8 Å². The maximum atomic E-state index is 13.1. The van der Waals surface area contributed by atoms with E-state index in [9.17, 15) is 17.9 Å². The lowest BCUT2D eigenvalue weighted by molar-refractivity contribution is 0.0762. The van der Waals surface area contributed by atoms with Crippen LogP contribution < -0.4 is 0 Å². The lowest BCUT2D eigenvalue weighted by atomic mass is 10.1. The molecule has 1 aromatic carbocycles. The molecule has 1 aliphatic rings. The van der Waals surface area contributed by atoms with E-state index in [1.807, 2.05) is 0 Å². The molecule has 1 atom stereocenters. The largest absolute Gasteiger partial charge is 0.389 e. The van der Waals surface area contributed by atoms with E-state index < -0.39 is 21.4 Å². The molecule has 1 fully saturated rings. The van der Waals surface area contributed by atoms with Gasteiger partial charge in [-0.15, -0.1) is 0 Å². The minimum absolute atomic E-state index is 0.0117. The van der Waals surface area contributed by atoms with Crippen molar-refractivity contribution in [2.75, 3.05) is 13.1 Å². The molecule has 1 heterocycles. The molecule has 1 aliphatic heterocycles. The Balaban J connectivity index is 2.40. The van der Waals surface area contributed by atoms with E-state index in [1.165, 1.54) is 6.07 Å². The molecule has 1 N–H and O–H groups in total. The summed E-state index contributed by atoms with van der Waals surface area (Å²) >= 11 is 5.80. The van der Waals surface area contributed by atoms with Crippen molar-refractivity contribution in [1.29, 1.82) is 0 Å². The highest BCUT2D eigenvalue weighted by Crippen LogP contribution is 2.30. The van der Waals surface area contributed by atoms with Crippen LogP contribution in [0.5, 0.6) is 0 Å². The van der Waals surface area contributed by atoms with Crippen molar-refractivity contribution < 1.29 is 17.9 Å². The summed E-state index contributed by atoms with van der Waals surface area (Å²) in [6, 6.07) is 3.20. The number of aliphatic hydroxyl groups is 1. The van der Waals surface area contributed by atoms with Gasteiger partial charge in [-0.3, -0.25) is 0 Å². The number of hydrogen-bond donors (Lipinski definition) is 1. The first-order chi connectivity index (χ1) is 8.22. The normalized spacial score (nSPS) is 25.6. The smallest absolute Gasteiger partial charge is 0.244 e. The van der Waals surface area contributed by atoms with E-state index in [2.05, 4.69) is 0 Å². The Morgan fingerprint density at radius 3 is 2.72 bits per heavy atom. The highest BCUT2D eigenvalue weighted by atomic mass is 35.5. The number of benzene rings is 1. The molecule has 0 aliphatic carbocycles. The zero-order chi connectivity index (χ0) is 13.6. The number of β-amino-alcohol motifs (C(OH)–C–C–N with tert-alkyl or cyclic N) is 1. The topological polar surface area (TPSA) is 57.6 Å². The van der Waals surface area contributed by atoms with Gasteiger partial charge in [0.05, 0.1) is 10.6 Å². The van der Waals surface area contributed by atoms with Crippen LogP contribution in [-0.4, -0.2) is 36.5 Å². The molecule has 0 amide bonds. The Morgan fingerprint density at radius 1 is 1.50 bits per heavy atom. The van der Waals surface area contributed by atoms with Gasteiger partial charge in [0.2, 0.25) is 10.0 Å². The maximum Gasteiger partial charge on any atom is 0.244 e. The Hall–Kier alpha value is -0.690. The highest BCUT2D eigenvalue weighted by Gasteiger charge is 2.39. The van der Waals surface area contributed by atoms with Crippen LogP contribution in [0.4, 0.5) is 4.39 Å². The molecule has 2 rings (SSSR count). The predicted octanol–water partition coefficient (Wildman–Crippen LogP) is 1.62. The van der Waals surface area contributed by atoms with Crippen LogP contribution in [0, 0.1) is 5.82 Å². The first-order valence-electron chi connectivity index (χ1n) is 5.40. The van der Waals surface area contributed by atoms with Gasteiger partial charge in [0, 0.05) is 13.1 Å². The molecule has 1 unspecified atom stereocenters. The second-order valence-corrected chi connectivity index (χ2v) is 6.97. The molecule has 4 nitrogen and oxygen atoms in total. The number of halogens is 2. The molecule has 1 saturated heterocycles. The second kappa shape index (κ2) is 4.45. The number of hydrogen-bond acceptors (Lipinski definition) is 3. The standard InChI is InChI=1S/C11H13ClFNO3S/c1-11(15)4-5-14(7-11)18(16,17)10-6-8(13)2-3-9(10)12/h2-3,6,15H,4-5,7H2,1H3. The van der Waals surface area contributed by atoms with E-state index in [0.717, 1.165) is 16.4 Å². The molecule has 0 radical (unpaired) electrons. The Labute approximate surface area is 110 Å². The fourth-order valence-electron chi connectivity index (χ4n) is 1.92. The molecule has 7 heteroatoms. The number of rotatable bonds is 2. The molecule has 0 bridgehead atoms. The van der Waals surface area contributed by atoms with Crippen LogP contribution in [-0.2, 0) is 10.0 Å². The van der Waals surface area contributed by atoms with Gasteiger partial charge in [-0.05, 0) is 31.5 Å². The molecule has 18 heavy (non-hydrogen) atoms. The van der Waals surface area contributed by atoms with Gasteiger partial charge in [0.25, 0.3) is 0 Å². The maximum absolute atomic E-state index is 13.1. The summed E-state index contributed by atoms with van der Waals surface area (Å²) in [7, 11) is -3.86. The van der Waals surface area contributed by atoms with Gasteiger partial charge >= 0.3 is 0 Å². The minimum atomic E-state index is -3.86. The first kappa shape index (κ1) is 13.7. The summed E-state index contributed by atoms with van der Waals surface area (Å²) < 4.78 is 38.8. The summed E-state index contributed by atoms with van der Waals surface area (Å²) in [5.41, 5.74) is -1.05. The van der Waals surface area contributed by atoms with Crippen LogP contribution in [0.2, 0.25) is 5.02 Å². The Kier molecular flexibility index (Phi) is 3.40. The molecular weight excluding hydrogens is 281 g/mol. The highest BCUT2D eigenvalue weighted by molar-refractivity contribution is 7.89. The van der Waals surface area contributed by atoms with Gasteiger partial charge in [0.1, 0.15) is 10.7 Å². The summed E-state index contributed by atoms with van der Waals surface area (Å²) in [6.45, 7) is 1.75. The molecule has 0 aromatic heterocycles. The van der Waals surface area contributed by atoms with E-state index in [-0.39, 0.29) is 23.0 Å². The fraction of sp³-hybridized carbons (Fsp3) is 0.455. The van der Waals surface area contributed by atoms with Gasteiger partial charge < -0.3 is 5.11 Å². The SMILES string of the molecule is CC1(O)CCN(S(=O)(=O)c2cc(F)ccc2Cl)C1. The van der Waals surface area contributed by atoms with Crippen LogP contribution >= 0.6 is 11.6 Å². The lowest BCUT2D eigenvalue weighted by Crippen LogP contribution is -2.34. The third kappa shape index (κ3) is 2.51. The van der Waals surface area contributed by atoms with Crippen LogP contribution in [0.25, 0.3) is 0 Å². The predicted molar refractivity (Wildman–Crippen MR) is 65.4 cm³/mol. The molecule has 100 valence electrons. The van der Waals surface area contributed by atoms with Crippen molar-refractivity contribution in [2.45, 2.75) is 23.8 Å². The minimum Gasteiger partial charge on any atom is -0.389 e. The average Bonchev–Trinajstić information content (AvgIpc) is 2.63. The molecule has 1 aromatic rings. The van der Waals surface area contributed by atoms with Crippen molar-refractivity contribution in [3.63, 3.8) is 0 Å². The van der Waals surface area contributed by atoms with E-state index in [1.54, 1.807) is 6.92 Å².